The molecule has 0 amide bonds. The zero-order valence-corrected chi connectivity index (χ0v) is 30.4. The van der Waals surface area contributed by atoms with Crippen LogP contribution in [0.4, 0.5) is 0 Å². The van der Waals surface area contributed by atoms with E-state index in [1.807, 2.05) is 0 Å². The summed E-state index contributed by atoms with van der Waals surface area (Å²) in [5.74, 6) is 2.34. The van der Waals surface area contributed by atoms with Gasteiger partial charge in [-0.3, -0.25) is 9.69 Å². The van der Waals surface area contributed by atoms with Gasteiger partial charge in [-0.25, -0.2) is 0 Å². The maximum absolute atomic E-state index is 14.4. The van der Waals surface area contributed by atoms with Crippen molar-refractivity contribution in [1.82, 2.24) is 4.90 Å². The number of hydrogen-bond donors (Lipinski definition) is 4. The minimum absolute atomic E-state index is 0.0197. The second-order valence-corrected chi connectivity index (χ2v) is 17.9. The van der Waals surface area contributed by atoms with Gasteiger partial charge in [-0.15, -0.1) is 0 Å². The van der Waals surface area contributed by atoms with Crippen molar-refractivity contribution in [1.29, 1.82) is 0 Å². The molecule has 8 rings (SSSR count). The number of hydrogen-bond acceptors (Lipinski definition) is 6. The predicted molar refractivity (Wildman–Crippen MR) is 192 cm³/mol. The van der Waals surface area contributed by atoms with Crippen LogP contribution < -0.4 is 0 Å². The molecular formula is C42H65NO5. The highest BCUT2D eigenvalue weighted by Crippen LogP contribution is 2.62. The lowest BCUT2D eigenvalue weighted by atomic mass is 9.45. The van der Waals surface area contributed by atoms with Crippen LogP contribution >= 0.6 is 0 Å². The van der Waals surface area contributed by atoms with Crippen molar-refractivity contribution in [3.63, 3.8) is 0 Å². The summed E-state index contributed by atoms with van der Waals surface area (Å²) in [7, 11) is 0. The molecule has 7 aliphatic rings. The molecule has 0 spiro atoms. The highest BCUT2D eigenvalue weighted by Gasteiger charge is 2.58. The monoisotopic (exact) mass is 663 g/mol. The van der Waals surface area contributed by atoms with Crippen LogP contribution in [0.25, 0.3) is 0 Å². The summed E-state index contributed by atoms with van der Waals surface area (Å²) >= 11 is 0. The quantitative estimate of drug-likeness (QED) is 0.165. The average Bonchev–Trinajstić information content (AvgIpc) is 3.32. The molecule has 8 unspecified atom stereocenters. The van der Waals surface area contributed by atoms with Gasteiger partial charge in [0.05, 0.1) is 24.4 Å². The van der Waals surface area contributed by atoms with Crippen LogP contribution in [-0.4, -0.2) is 75.2 Å². The SMILES string of the molecule is CC1=CCCC2(C)C(CCC2(O)CN(CC(O)CO)CC2CCC3CC2C3(C)C)c2ccc(cc2C(=O)C2CCCCC2)CC(O)CC1. The summed E-state index contributed by atoms with van der Waals surface area (Å²) in [5.41, 5.74) is 3.05. The number of rotatable bonds is 9. The van der Waals surface area contributed by atoms with Crippen LogP contribution in [0.3, 0.4) is 0 Å². The standard InChI is InChI=1S/C42H65NO5/c1-28-9-8-19-41(4)37(35-17-13-29(21-33(45)16-12-28)22-36(35)39(47)30-10-6-5-7-11-30)18-20-42(41,48)27-43(25-34(46)26-44)24-31-14-15-32-23-38(31)40(32,2)3/h9,13,17,22,30-34,37-38,44-46,48H,5-8,10-12,14-16,18-21,23-27H2,1-4H3. The normalized spacial score (nSPS) is 36.2. The van der Waals surface area contributed by atoms with Crippen LogP contribution in [0.5, 0.6) is 0 Å². The molecule has 1 aromatic carbocycles. The predicted octanol–water partition coefficient (Wildman–Crippen LogP) is 7.22. The number of carbonyl (C=O) groups is 1. The fourth-order valence-electron chi connectivity index (χ4n) is 11.2. The van der Waals surface area contributed by atoms with E-state index in [1.165, 1.54) is 31.3 Å². The van der Waals surface area contributed by atoms with E-state index in [-0.39, 0.29) is 24.2 Å². The Kier molecular flexibility index (Phi) is 11.0. The van der Waals surface area contributed by atoms with Gasteiger partial charge in [-0.1, -0.05) is 63.8 Å². The molecule has 0 aliphatic heterocycles. The van der Waals surface area contributed by atoms with Gasteiger partial charge in [-0.2, -0.15) is 0 Å². The number of Topliss-reactive ketones (excluding diaryl/α,β-unsaturated/α-hetero) is 1. The van der Waals surface area contributed by atoms with Crippen LogP contribution in [0.2, 0.25) is 0 Å². The first-order chi connectivity index (χ1) is 22.8. The van der Waals surface area contributed by atoms with Gasteiger partial charge in [-0.05, 0) is 130 Å². The zero-order chi connectivity index (χ0) is 34.3. The van der Waals surface area contributed by atoms with Crippen LogP contribution in [-0.2, 0) is 6.42 Å². The lowest BCUT2D eigenvalue weighted by Gasteiger charge is -2.61. The topological polar surface area (TPSA) is 101 Å². The largest absolute Gasteiger partial charge is 0.394 e. The van der Waals surface area contributed by atoms with E-state index < -0.39 is 23.2 Å². The third kappa shape index (κ3) is 7.13. The van der Waals surface area contributed by atoms with Gasteiger partial charge in [0.1, 0.15) is 0 Å². The second-order valence-electron chi connectivity index (χ2n) is 17.9. The molecule has 1 aromatic rings. The number of benzene rings is 1. The summed E-state index contributed by atoms with van der Waals surface area (Å²) in [4.78, 5) is 16.7. The Balaban J connectivity index is 1.35. The molecule has 4 bridgehead atoms. The molecule has 268 valence electrons. The Morgan fingerprint density at radius 1 is 1.02 bits per heavy atom. The minimum atomic E-state index is -1.02. The Bertz CT molecular complexity index is 1310. The Hall–Kier alpha value is -1.57. The number of aliphatic hydroxyl groups excluding tert-OH is 3. The Morgan fingerprint density at radius 3 is 2.50 bits per heavy atom. The first-order valence-electron chi connectivity index (χ1n) is 19.6. The molecule has 6 heteroatoms. The number of ketones is 1. The third-order valence-electron chi connectivity index (χ3n) is 14.6. The second kappa shape index (κ2) is 14.6. The summed E-state index contributed by atoms with van der Waals surface area (Å²) < 4.78 is 0. The highest BCUT2D eigenvalue weighted by molar-refractivity contribution is 5.99. The molecular weight excluding hydrogens is 598 g/mol. The fraction of sp³-hybridized carbons (Fsp3) is 0.786. The maximum atomic E-state index is 14.4. The summed E-state index contributed by atoms with van der Waals surface area (Å²) in [6, 6.07) is 6.40. The molecule has 0 heterocycles. The number of aliphatic hydroxyl groups is 4. The molecule has 8 atom stereocenters. The first kappa shape index (κ1) is 36.2. The molecule has 48 heavy (non-hydrogen) atoms. The molecule has 0 radical (unpaired) electrons. The fourth-order valence-corrected chi connectivity index (χ4v) is 11.2. The Labute approximate surface area is 290 Å². The molecule has 7 aliphatic carbocycles. The smallest absolute Gasteiger partial charge is 0.166 e. The summed E-state index contributed by atoms with van der Waals surface area (Å²) in [6.45, 7) is 10.6. The van der Waals surface area contributed by atoms with E-state index in [2.05, 4.69) is 56.9 Å². The molecule has 5 saturated carbocycles. The van der Waals surface area contributed by atoms with Gasteiger partial charge in [0.2, 0.25) is 0 Å². The van der Waals surface area contributed by atoms with Gasteiger partial charge >= 0.3 is 0 Å². The van der Waals surface area contributed by atoms with E-state index >= 15 is 0 Å². The van der Waals surface area contributed by atoms with Gasteiger partial charge in [0, 0.05) is 36.5 Å². The van der Waals surface area contributed by atoms with Crippen LogP contribution in [0.15, 0.2) is 29.8 Å². The molecule has 0 aromatic heterocycles. The average molecular weight is 664 g/mol. The van der Waals surface area contributed by atoms with Gasteiger partial charge in [0.25, 0.3) is 0 Å². The number of carbonyl (C=O) groups excluding carboxylic acids is 1. The van der Waals surface area contributed by atoms with E-state index in [0.29, 0.717) is 49.6 Å². The first-order valence-corrected chi connectivity index (χ1v) is 19.6. The van der Waals surface area contributed by atoms with Crippen molar-refractivity contribution >= 4 is 5.78 Å². The number of fused-ring (bicyclic) bond motifs is 10. The Morgan fingerprint density at radius 2 is 1.79 bits per heavy atom. The van der Waals surface area contributed by atoms with E-state index in [0.717, 1.165) is 80.5 Å². The minimum Gasteiger partial charge on any atom is -0.394 e. The van der Waals surface area contributed by atoms with Gasteiger partial charge in [0.15, 0.2) is 5.78 Å². The molecule has 4 N–H and O–H groups in total. The maximum Gasteiger partial charge on any atom is 0.166 e. The van der Waals surface area contributed by atoms with Crippen LogP contribution in [0.1, 0.15) is 145 Å². The number of nitrogens with zero attached hydrogens (tertiary/aromatic N) is 1. The van der Waals surface area contributed by atoms with Crippen molar-refractivity contribution in [2.75, 3.05) is 26.2 Å². The summed E-state index contributed by atoms with van der Waals surface area (Å²) in [6.07, 6.45) is 15.2. The lowest BCUT2D eigenvalue weighted by molar-refractivity contribution is -0.126. The number of allylic oxidation sites excluding steroid dienone is 2. The van der Waals surface area contributed by atoms with E-state index in [4.69, 9.17) is 0 Å². The van der Waals surface area contributed by atoms with Gasteiger partial charge < -0.3 is 20.4 Å². The highest BCUT2D eigenvalue weighted by atomic mass is 16.3. The third-order valence-corrected chi connectivity index (χ3v) is 14.6. The van der Waals surface area contributed by atoms with Crippen molar-refractivity contribution in [3.05, 3.63) is 46.5 Å². The zero-order valence-electron chi connectivity index (χ0n) is 30.4. The van der Waals surface area contributed by atoms with E-state index in [9.17, 15) is 25.2 Å². The van der Waals surface area contributed by atoms with Crippen molar-refractivity contribution < 1.29 is 25.2 Å². The lowest BCUT2D eigenvalue weighted by Crippen LogP contribution is -2.58. The van der Waals surface area contributed by atoms with Crippen molar-refractivity contribution in [3.8, 4) is 0 Å². The molecule has 5 fully saturated rings. The molecule has 0 saturated heterocycles. The van der Waals surface area contributed by atoms with Crippen molar-refractivity contribution in [2.45, 2.75) is 148 Å². The van der Waals surface area contributed by atoms with E-state index in [1.54, 1.807) is 0 Å². The summed E-state index contributed by atoms with van der Waals surface area (Å²) in [5, 5.41) is 44.6. The van der Waals surface area contributed by atoms with Crippen molar-refractivity contribution in [2.24, 2.45) is 34.5 Å². The van der Waals surface area contributed by atoms with Crippen LogP contribution in [0, 0.1) is 34.5 Å². The molecule has 6 nitrogen and oxygen atoms in total.